The average molecular weight is 341 g/mol. The number of halogens is 3. The standard InChI is InChI=1S/C10H10F2INO2/c1-3-16-10(15)8-7(13)4-6(9(11)12)5(2)14-8/h4,9H,3H2,1-2H3. The van der Waals surface area contributed by atoms with Gasteiger partial charge >= 0.3 is 5.97 Å². The molecule has 0 spiro atoms. The first kappa shape index (κ1) is 13.3. The molecule has 0 bridgehead atoms. The molecule has 1 heterocycles. The molecule has 0 atom stereocenters. The zero-order valence-corrected chi connectivity index (χ0v) is 10.9. The third-order valence-electron chi connectivity index (χ3n) is 1.91. The van der Waals surface area contributed by atoms with Crippen LogP contribution < -0.4 is 0 Å². The largest absolute Gasteiger partial charge is 0.461 e. The summed E-state index contributed by atoms with van der Waals surface area (Å²) in [5.74, 6) is -0.587. The minimum Gasteiger partial charge on any atom is -0.461 e. The van der Waals surface area contributed by atoms with Crippen LogP contribution >= 0.6 is 22.6 Å². The van der Waals surface area contributed by atoms with Gasteiger partial charge in [-0.2, -0.15) is 0 Å². The van der Waals surface area contributed by atoms with E-state index in [0.29, 0.717) is 3.57 Å². The van der Waals surface area contributed by atoms with Crippen LogP contribution in [0.3, 0.4) is 0 Å². The van der Waals surface area contributed by atoms with Gasteiger partial charge in [-0.1, -0.05) is 0 Å². The number of aromatic nitrogens is 1. The van der Waals surface area contributed by atoms with E-state index in [1.807, 2.05) is 0 Å². The number of carbonyl (C=O) groups excluding carboxylic acids is 1. The van der Waals surface area contributed by atoms with E-state index < -0.39 is 12.4 Å². The van der Waals surface area contributed by atoms with Gasteiger partial charge in [0.05, 0.1) is 6.61 Å². The van der Waals surface area contributed by atoms with Crippen LogP contribution in [-0.2, 0) is 4.74 Å². The summed E-state index contributed by atoms with van der Waals surface area (Å²) in [6, 6.07) is 1.26. The van der Waals surface area contributed by atoms with E-state index in [1.165, 1.54) is 13.0 Å². The second-order valence-corrected chi connectivity index (χ2v) is 4.18. The molecule has 0 amide bonds. The van der Waals surface area contributed by atoms with Gasteiger partial charge in [-0.25, -0.2) is 18.6 Å². The molecule has 0 N–H and O–H groups in total. The fraction of sp³-hybridized carbons (Fsp3) is 0.400. The van der Waals surface area contributed by atoms with Crippen LogP contribution in [0.25, 0.3) is 0 Å². The highest BCUT2D eigenvalue weighted by molar-refractivity contribution is 14.1. The van der Waals surface area contributed by atoms with Gasteiger partial charge in [-0.05, 0) is 42.5 Å². The Bertz CT molecular complexity index is 410. The molecule has 1 aromatic heterocycles. The van der Waals surface area contributed by atoms with Crippen LogP contribution in [0.4, 0.5) is 8.78 Å². The first-order valence-electron chi connectivity index (χ1n) is 4.59. The fourth-order valence-corrected chi connectivity index (χ4v) is 1.83. The summed E-state index contributed by atoms with van der Waals surface area (Å²) in [7, 11) is 0. The van der Waals surface area contributed by atoms with Gasteiger partial charge in [0.15, 0.2) is 5.69 Å². The number of alkyl halides is 2. The number of nitrogens with zero attached hydrogens (tertiary/aromatic N) is 1. The van der Waals surface area contributed by atoms with Crippen molar-refractivity contribution in [2.45, 2.75) is 20.3 Å². The zero-order chi connectivity index (χ0) is 12.3. The van der Waals surface area contributed by atoms with E-state index in [1.54, 1.807) is 29.5 Å². The smallest absolute Gasteiger partial charge is 0.358 e. The van der Waals surface area contributed by atoms with Crippen LogP contribution in [0.1, 0.15) is 35.1 Å². The van der Waals surface area contributed by atoms with Crippen molar-refractivity contribution < 1.29 is 18.3 Å². The number of hydrogen-bond donors (Lipinski definition) is 0. The maximum Gasteiger partial charge on any atom is 0.358 e. The lowest BCUT2D eigenvalue weighted by Crippen LogP contribution is -2.11. The fourth-order valence-electron chi connectivity index (χ4n) is 1.16. The SMILES string of the molecule is CCOC(=O)c1nc(C)c(C(F)F)cc1I. The second-order valence-electron chi connectivity index (χ2n) is 3.01. The Kier molecular flexibility index (Phi) is 4.57. The number of esters is 1. The highest BCUT2D eigenvalue weighted by Gasteiger charge is 2.19. The molecule has 0 aliphatic carbocycles. The van der Waals surface area contributed by atoms with E-state index in [9.17, 15) is 13.6 Å². The number of ether oxygens (including phenoxy) is 1. The molecular formula is C10H10F2INO2. The quantitative estimate of drug-likeness (QED) is 0.627. The first-order chi connectivity index (χ1) is 7.47. The number of carbonyl (C=O) groups is 1. The van der Waals surface area contributed by atoms with Crippen molar-refractivity contribution >= 4 is 28.6 Å². The summed E-state index contributed by atoms with van der Waals surface area (Å²) in [5.41, 5.74) is 0.0836. The second kappa shape index (κ2) is 5.51. The Morgan fingerprint density at radius 1 is 1.62 bits per heavy atom. The summed E-state index contributed by atoms with van der Waals surface area (Å²) in [4.78, 5) is 15.3. The summed E-state index contributed by atoms with van der Waals surface area (Å²) < 4.78 is 30.2. The van der Waals surface area contributed by atoms with Gasteiger partial charge < -0.3 is 4.74 Å². The highest BCUT2D eigenvalue weighted by atomic mass is 127. The van der Waals surface area contributed by atoms with Crippen LogP contribution in [0, 0.1) is 10.5 Å². The normalized spacial score (nSPS) is 10.6. The third kappa shape index (κ3) is 2.87. The molecule has 0 unspecified atom stereocenters. The topological polar surface area (TPSA) is 39.2 Å². The zero-order valence-electron chi connectivity index (χ0n) is 8.76. The molecule has 0 fully saturated rings. The Balaban J connectivity index is 3.15. The Morgan fingerprint density at radius 3 is 2.75 bits per heavy atom. The molecular weight excluding hydrogens is 331 g/mol. The molecule has 0 saturated carbocycles. The molecule has 0 radical (unpaired) electrons. The maximum atomic E-state index is 12.5. The average Bonchev–Trinajstić information content (AvgIpc) is 2.20. The van der Waals surface area contributed by atoms with Gasteiger partial charge in [-0.15, -0.1) is 0 Å². The molecule has 16 heavy (non-hydrogen) atoms. The van der Waals surface area contributed by atoms with Crippen molar-refractivity contribution in [3.05, 3.63) is 26.6 Å². The molecule has 1 aromatic rings. The van der Waals surface area contributed by atoms with Crippen molar-refractivity contribution in [3.63, 3.8) is 0 Å². The van der Waals surface area contributed by atoms with Gasteiger partial charge in [0.2, 0.25) is 0 Å². The van der Waals surface area contributed by atoms with Crippen molar-refractivity contribution in [1.82, 2.24) is 4.98 Å². The van der Waals surface area contributed by atoms with Crippen molar-refractivity contribution in [2.24, 2.45) is 0 Å². The van der Waals surface area contributed by atoms with Crippen LogP contribution in [0.15, 0.2) is 6.07 Å². The summed E-state index contributed by atoms with van der Waals surface area (Å²) >= 11 is 1.79. The van der Waals surface area contributed by atoms with E-state index in [0.717, 1.165) is 0 Å². The molecule has 0 aliphatic heterocycles. The van der Waals surface area contributed by atoms with Gasteiger partial charge in [0.1, 0.15) is 0 Å². The lowest BCUT2D eigenvalue weighted by atomic mass is 10.2. The lowest BCUT2D eigenvalue weighted by molar-refractivity contribution is 0.0517. The van der Waals surface area contributed by atoms with Crippen molar-refractivity contribution in [3.8, 4) is 0 Å². The van der Waals surface area contributed by atoms with Crippen molar-refractivity contribution in [1.29, 1.82) is 0 Å². The third-order valence-corrected chi connectivity index (χ3v) is 2.73. The number of aryl methyl sites for hydroxylation is 1. The summed E-state index contributed by atoms with van der Waals surface area (Å²) in [6.45, 7) is 3.34. The van der Waals surface area contributed by atoms with Gasteiger partial charge in [-0.3, -0.25) is 0 Å². The van der Waals surface area contributed by atoms with Crippen LogP contribution in [-0.4, -0.2) is 17.6 Å². The molecule has 3 nitrogen and oxygen atoms in total. The molecule has 0 aliphatic rings. The van der Waals surface area contributed by atoms with Gasteiger partial charge in [0, 0.05) is 14.8 Å². The van der Waals surface area contributed by atoms with Crippen LogP contribution in [0.2, 0.25) is 0 Å². The minimum absolute atomic E-state index is 0.0874. The molecule has 88 valence electrons. The first-order valence-corrected chi connectivity index (χ1v) is 5.67. The molecule has 1 rings (SSSR count). The lowest BCUT2D eigenvalue weighted by Gasteiger charge is -2.08. The van der Waals surface area contributed by atoms with Gasteiger partial charge in [0.25, 0.3) is 6.43 Å². The van der Waals surface area contributed by atoms with E-state index >= 15 is 0 Å². The minimum atomic E-state index is -2.59. The van der Waals surface area contributed by atoms with E-state index in [-0.39, 0.29) is 23.6 Å². The number of pyridine rings is 1. The molecule has 0 saturated heterocycles. The number of hydrogen-bond acceptors (Lipinski definition) is 3. The molecule has 0 aromatic carbocycles. The van der Waals surface area contributed by atoms with E-state index in [4.69, 9.17) is 4.74 Å². The predicted octanol–water partition coefficient (Wildman–Crippen LogP) is 3.11. The summed E-state index contributed by atoms with van der Waals surface area (Å²) in [5, 5.41) is 0. The maximum absolute atomic E-state index is 12.5. The molecule has 6 heteroatoms. The Morgan fingerprint density at radius 2 is 2.25 bits per heavy atom. The number of rotatable bonds is 3. The summed E-state index contributed by atoms with van der Waals surface area (Å²) in [6.07, 6.45) is -2.59. The van der Waals surface area contributed by atoms with Crippen LogP contribution in [0.5, 0.6) is 0 Å². The predicted molar refractivity (Wildman–Crippen MR) is 62.6 cm³/mol. The highest BCUT2D eigenvalue weighted by Crippen LogP contribution is 2.24. The Labute approximate surface area is 105 Å². The van der Waals surface area contributed by atoms with Crippen molar-refractivity contribution in [2.75, 3.05) is 6.61 Å². The Hall–Kier alpha value is -0.790. The monoisotopic (exact) mass is 341 g/mol. The van der Waals surface area contributed by atoms with E-state index in [2.05, 4.69) is 4.98 Å².